The number of benzene rings is 2. The van der Waals surface area contributed by atoms with Gasteiger partial charge >= 0.3 is 5.97 Å². The van der Waals surface area contributed by atoms with Crippen LogP contribution in [0.3, 0.4) is 0 Å². The predicted octanol–water partition coefficient (Wildman–Crippen LogP) is 3.58. The van der Waals surface area contributed by atoms with Crippen LogP contribution in [0.4, 0.5) is 18.9 Å². The Morgan fingerprint density at radius 3 is 2.42 bits per heavy atom. The molecule has 2 amide bonds. The molecular formula is C28H35F3N4O4S. The van der Waals surface area contributed by atoms with Crippen LogP contribution >= 0.6 is 11.8 Å². The minimum atomic E-state index is -1.30. The molecule has 0 aliphatic carbocycles. The van der Waals surface area contributed by atoms with Crippen molar-refractivity contribution in [2.24, 2.45) is 11.7 Å². The average Bonchev–Trinajstić information content (AvgIpc) is 3.40. The molecule has 8 nitrogen and oxygen atoms in total. The lowest BCUT2D eigenvalue weighted by Gasteiger charge is -2.24. The van der Waals surface area contributed by atoms with Crippen molar-refractivity contribution in [3.63, 3.8) is 0 Å². The highest BCUT2D eigenvalue weighted by Gasteiger charge is 2.35. The molecule has 2 aromatic rings. The second-order valence-electron chi connectivity index (χ2n) is 9.87. The van der Waals surface area contributed by atoms with Gasteiger partial charge in [0.2, 0.25) is 5.91 Å². The highest BCUT2D eigenvalue weighted by atomic mass is 32.2. The Hall–Kier alpha value is -3.25. The fourth-order valence-electron chi connectivity index (χ4n) is 4.26. The number of ether oxygens (including phenoxy) is 1. The Labute approximate surface area is 236 Å². The number of thioether (sulfide) groups is 1. The molecule has 1 fully saturated rings. The highest BCUT2D eigenvalue weighted by molar-refractivity contribution is 8.00. The first-order valence-corrected chi connectivity index (χ1v) is 14.1. The van der Waals surface area contributed by atoms with Gasteiger partial charge in [0.05, 0.1) is 6.61 Å². The Morgan fingerprint density at radius 2 is 1.77 bits per heavy atom. The highest BCUT2D eigenvalue weighted by Crippen LogP contribution is 2.25. The molecule has 3 rings (SSSR count). The lowest BCUT2D eigenvalue weighted by molar-refractivity contribution is -0.145. The molecule has 1 aliphatic rings. The van der Waals surface area contributed by atoms with Gasteiger partial charge in [0.1, 0.15) is 11.9 Å². The first-order chi connectivity index (χ1) is 19.0. The third kappa shape index (κ3) is 8.37. The van der Waals surface area contributed by atoms with Crippen molar-refractivity contribution in [1.29, 1.82) is 0 Å². The van der Waals surface area contributed by atoms with Crippen LogP contribution in [-0.2, 0) is 32.1 Å². The first-order valence-electron chi connectivity index (χ1n) is 13.1. The molecule has 3 atom stereocenters. The third-order valence-corrected chi connectivity index (χ3v) is 7.60. The van der Waals surface area contributed by atoms with Gasteiger partial charge in [-0.05, 0) is 48.6 Å². The molecular weight excluding hydrogens is 545 g/mol. The summed E-state index contributed by atoms with van der Waals surface area (Å²) < 4.78 is 45.7. The second kappa shape index (κ2) is 14.4. The maximum absolute atomic E-state index is 14.0. The normalized spacial score (nSPS) is 16.5. The number of esters is 1. The molecule has 1 aliphatic heterocycles. The van der Waals surface area contributed by atoms with Crippen molar-refractivity contribution in [2.45, 2.75) is 57.6 Å². The minimum absolute atomic E-state index is 0.0224. The summed E-state index contributed by atoms with van der Waals surface area (Å²) in [7, 11) is 0. The maximum atomic E-state index is 14.0. The van der Waals surface area contributed by atoms with Gasteiger partial charge in [0.25, 0.3) is 5.91 Å². The maximum Gasteiger partial charge on any atom is 0.328 e. The lowest BCUT2D eigenvalue weighted by Crippen LogP contribution is -2.46. The first kappa shape index (κ1) is 31.3. The van der Waals surface area contributed by atoms with Gasteiger partial charge in [-0.3, -0.25) is 9.59 Å². The Bertz CT molecular complexity index is 1200. The van der Waals surface area contributed by atoms with Crippen LogP contribution in [-0.4, -0.2) is 59.0 Å². The zero-order valence-corrected chi connectivity index (χ0v) is 23.5. The second-order valence-corrected chi connectivity index (χ2v) is 11.1. The fraction of sp³-hybridized carbons (Fsp3) is 0.464. The van der Waals surface area contributed by atoms with E-state index in [0.29, 0.717) is 25.0 Å². The summed E-state index contributed by atoms with van der Waals surface area (Å²) >= 11 is 1.32. The zero-order chi connectivity index (χ0) is 29.4. The molecule has 0 unspecified atom stereocenters. The molecule has 0 spiro atoms. The van der Waals surface area contributed by atoms with E-state index in [0.717, 1.165) is 17.3 Å². The quantitative estimate of drug-likeness (QED) is 0.260. The van der Waals surface area contributed by atoms with Crippen LogP contribution in [0.1, 0.15) is 38.3 Å². The number of carbonyl (C=O) groups excluding carboxylic acids is 3. The smallest absolute Gasteiger partial charge is 0.328 e. The van der Waals surface area contributed by atoms with E-state index < -0.39 is 34.9 Å². The zero-order valence-electron chi connectivity index (χ0n) is 22.7. The third-order valence-electron chi connectivity index (χ3n) is 6.39. The number of halogens is 3. The Morgan fingerprint density at radius 1 is 1.10 bits per heavy atom. The summed E-state index contributed by atoms with van der Waals surface area (Å²) in [6.07, 6.45) is -0.338. The van der Waals surface area contributed by atoms with Crippen LogP contribution in [0, 0.1) is 23.4 Å². The van der Waals surface area contributed by atoms with Crippen molar-refractivity contribution in [3.05, 3.63) is 65.0 Å². The van der Waals surface area contributed by atoms with Crippen LogP contribution in [0.25, 0.3) is 0 Å². The largest absolute Gasteiger partial charge is 0.464 e. The van der Waals surface area contributed by atoms with Gasteiger partial charge in [-0.2, -0.15) is 0 Å². The van der Waals surface area contributed by atoms with Crippen molar-refractivity contribution in [1.82, 2.24) is 10.2 Å². The number of rotatable bonds is 12. The number of nitrogens with two attached hydrogens (primary N) is 1. The molecule has 0 radical (unpaired) electrons. The van der Waals surface area contributed by atoms with E-state index >= 15 is 0 Å². The molecule has 40 heavy (non-hydrogen) atoms. The van der Waals surface area contributed by atoms with E-state index in [4.69, 9.17) is 10.5 Å². The topological polar surface area (TPSA) is 114 Å². The molecule has 1 saturated heterocycles. The van der Waals surface area contributed by atoms with E-state index in [1.54, 1.807) is 6.92 Å². The molecule has 0 aromatic heterocycles. The summed E-state index contributed by atoms with van der Waals surface area (Å²) in [5.41, 5.74) is 7.46. The molecule has 2 aromatic carbocycles. The van der Waals surface area contributed by atoms with E-state index in [9.17, 15) is 27.6 Å². The Balaban J connectivity index is 1.52. The standard InChI is InChI=1S/C28H35F3N4O4S/c1-4-39-28(38)25(16(2)3)34-20-7-5-17(6-8-20)15-33-26(37)27-35(9-10-40-27)24(36)13-19(32)11-18-12-22(30)23(31)14-21(18)29/h5-8,12,14,16,19,25,27,34H,4,9-11,13,15,32H2,1-3H3,(H,33,37)/t19-,25+,27-/m1/s1. The summed E-state index contributed by atoms with van der Waals surface area (Å²) in [6, 6.07) is 7.14. The van der Waals surface area contributed by atoms with Crippen LogP contribution in [0.15, 0.2) is 36.4 Å². The van der Waals surface area contributed by atoms with Crippen LogP contribution < -0.4 is 16.4 Å². The number of hydrogen-bond donors (Lipinski definition) is 3. The van der Waals surface area contributed by atoms with Crippen molar-refractivity contribution >= 4 is 35.2 Å². The van der Waals surface area contributed by atoms with Gasteiger partial charge in [0, 0.05) is 43.1 Å². The minimum Gasteiger partial charge on any atom is -0.464 e. The molecule has 12 heteroatoms. The van der Waals surface area contributed by atoms with Gasteiger partial charge in [-0.1, -0.05) is 26.0 Å². The summed E-state index contributed by atoms with van der Waals surface area (Å²) in [4.78, 5) is 39.4. The molecule has 0 bridgehead atoms. The molecule has 4 N–H and O–H groups in total. The molecule has 1 heterocycles. The van der Waals surface area contributed by atoms with Crippen molar-refractivity contribution in [3.8, 4) is 0 Å². The van der Waals surface area contributed by atoms with E-state index in [2.05, 4.69) is 10.6 Å². The number of carbonyl (C=O) groups is 3. The average molecular weight is 581 g/mol. The summed E-state index contributed by atoms with van der Waals surface area (Å²) in [6.45, 7) is 6.49. The summed E-state index contributed by atoms with van der Waals surface area (Å²) in [5.74, 6) is -3.86. The van der Waals surface area contributed by atoms with Gasteiger partial charge in [-0.15, -0.1) is 11.8 Å². The van der Waals surface area contributed by atoms with Gasteiger partial charge in [-0.25, -0.2) is 18.0 Å². The van der Waals surface area contributed by atoms with Crippen molar-refractivity contribution in [2.75, 3.05) is 24.2 Å². The Kier molecular flexibility index (Phi) is 11.3. The predicted molar refractivity (Wildman–Crippen MR) is 148 cm³/mol. The van der Waals surface area contributed by atoms with Crippen LogP contribution in [0.5, 0.6) is 0 Å². The lowest BCUT2D eigenvalue weighted by atomic mass is 10.0. The number of amides is 2. The van der Waals surface area contributed by atoms with E-state index in [1.807, 2.05) is 38.1 Å². The molecule has 0 saturated carbocycles. The van der Waals surface area contributed by atoms with E-state index in [-0.39, 0.29) is 48.7 Å². The number of anilines is 1. The molecule has 218 valence electrons. The van der Waals surface area contributed by atoms with Gasteiger partial charge in [0.15, 0.2) is 17.0 Å². The SMILES string of the molecule is CCOC(=O)[C@@H](Nc1ccc(CNC(=O)[C@H]2SCCN2C(=O)C[C@H](N)Cc2cc(F)c(F)cc2F)cc1)C(C)C. The summed E-state index contributed by atoms with van der Waals surface area (Å²) in [5, 5.41) is 5.29. The monoisotopic (exact) mass is 580 g/mol. The van der Waals surface area contributed by atoms with E-state index in [1.165, 1.54) is 16.7 Å². The number of hydrogen-bond acceptors (Lipinski definition) is 7. The number of nitrogens with zero attached hydrogens (tertiary/aromatic N) is 1. The number of nitrogens with one attached hydrogen (secondary N) is 2. The van der Waals surface area contributed by atoms with Gasteiger partial charge < -0.3 is 26.0 Å². The van der Waals surface area contributed by atoms with Crippen molar-refractivity contribution < 1.29 is 32.3 Å². The van der Waals surface area contributed by atoms with Crippen LogP contribution in [0.2, 0.25) is 0 Å². The fourth-order valence-corrected chi connectivity index (χ4v) is 5.43.